The predicted octanol–water partition coefficient (Wildman–Crippen LogP) is 2.62. The van der Waals surface area contributed by atoms with Crippen LogP contribution in [0.3, 0.4) is 0 Å². The van der Waals surface area contributed by atoms with Gasteiger partial charge >= 0.3 is 5.69 Å². The molecule has 2 aromatic carbocycles. The van der Waals surface area contributed by atoms with Crippen LogP contribution in [-0.4, -0.2) is 19.8 Å². The summed E-state index contributed by atoms with van der Waals surface area (Å²) in [6, 6.07) is 13.4. The van der Waals surface area contributed by atoms with Crippen molar-refractivity contribution < 1.29 is 4.74 Å². The minimum Gasteiger partial charge on any atom is -0.489 e. The van der Waals surface area contributed by atoms with Gasteiger partial charge in [0.15, 0.2) is 0 Å². The summed E-state index contributed by atoms with van der Waals surface area (Å²) in [5.74, 6) is 0.776. The minimum atomic E-state index is -0.306. The Labute approximate surface area is 141 Å². The number of ether oxygens (including phenoxy) is 1. The van der Waals surface area contributed by atoms with Crippen molar-refractivity contribution in [2.45, 2.75) is 13.5 Å². The highest BCUT2D eigenvalue weighted by atomic mass is 79.9. The topological polar surface area (TPSA) is 61.9 Å². The fourth-order valence-corrected chi connectivity index (χ4v) is 2.68. The largest absolute Gasteiger partial charge is 0.489 e. The van der Waals surface area contributed by atoms with E-state index < -0.39 is 0 Å². The second-order valence-corrected chi connectivity index (χ2v) is 5.99. The number of rotatable bonds is 4. The van der Waals surface area contributed by atoms with E-state index in [1.54, 1.807) is 7.05 Å². The zero-order valence-corrected chi connectivity index (χ0v) is 14.3. The van der Waals surface area contributed by atoms with Crippen molar-refractivity contribution in [1.82, 2.24) is 19.8 Å². The Morgan fingerprint density at radius 1 is 1.17 bits per heavy atom. The molecule has 0 N–H and O–H groups in total. The van der Waals surface area contributed by atoms with Gasteiger partial charge in [0.25, 0.3) is 0 Å². The zero-order chi connectivity index (χ0) is 16.4. The van der Waals surface area contributed by atoms with Gasteiger partial charge in [-0.2, -0.15) is 9.36 Å². The van der Waals surface area contributed by atoms with Gasteiger partial charge in [-0.3, -0.25) is 0 Å². The Morgan fingerprint density at radius 2 is 1.96 bits per heavy atom. The summed E-state index contributed by atoms with van der Waals surface area (Å²) in [4.78, 5) is 12.1. The van der Waals surface area contributed by atoms with E-state index in [1.165, 1.54) is 9.36 Å². The third-order valence-electron chi connectivity index (χ3n) is 3.42. The molecule has 0 aliphatic heterocycles. The van der Waals surface area contributed by atoms with E-state index in [0.717, 1.165) is 21.3 Å². The molecule has 0 aliphatic carbocycles. The lowest BCUT2D eigenvalue weighted by atomic mass is 10.2. The van der Waals surface area contributed by atoms with E-state index in [4.69, 9.17) is 4.74 Å². The van der Waals surface area contributed by atoms with E-state index in [0.29, 0.717) is 12.3 Å². The number of aryl methyl sites for hydroxylation is 2. The molecule has 0 amide bonds. The summed E-state index contributed by atoms with van der Waals surface area (Å²) in [5.41, 5.74) is 2.29. The highest BCUT2D eigenvalue weighted by molar-refractivity contribution is 9.10. The Bertz CT molecular complexity index is 901. The van der Waals surface area contributed by atoms with Crippen molar-refractivity contribution in [3.05, 3.63) is 68.5 Å². The van der Waals surface area contributed by atoms with Gasteiger partial charge in [0.2, 0.25) is 0 Å². The molecule has 3 aromatic rings. The van der Waals surface area contributed by atoms with Crippen LogP contribution in [0.15, 0.2) is 51.7 Å². The maximum absolute atomic E-state index is 12.1. The highest BCUT2D eigenvalue weighted by Crippen LogP contribution is 2.24. The van der Waals surface area contributed by atoms with Crippen molar-refractivity contribution in [3.8, 4) is 11.4 Å². The average Bonchev–Trinajstić information content (AvgIpc) is 2.86. The van der Waals surface area contributed by atoms with Gasteiger partial charge in [-0.05, 0) is 47.2 Å². The van der Waals surface area contributed by atoms with Crippen LogP contribution in [0.25, 0.3) is 5.69 Å². The van der Waals surface area contributed by atoms with Crippen molar-refractivity contribution in [3.63, 3.8) is 0 Å². The van der Waals surface area contributed by atoms with E-state index in [2.05, 4.69) is 26.4 Å². The molecule has 3 rings (SSSR count). The molecule has 0 bridgehead atoms. The summed E-state index contributed by atoms with van der Waals surface area (Å²) in [6.07, 6.45) is 0. The normalized spacial score (nSPS) is 10.7. The fraction of sp³-hybridized carbons (Fsp3) is 0.188. The predicted molar refractivity (Wildman–Crippen MR) is 89.8 cm³/mol. The number of hydrogen-bond acceptors (Lipinski definition) is 4. The highest BCUT2D eigenvalue weighted by Gasteiger charge is 2.14. The van der Waals surface area contributed by atoms with Gasteiger partial charge in [-0.15, -0.1) is 0 Å². The first-order valence-electron chi connectivity index (χ1n) is 7.02. The van der Waals surface area contributed by atoms with Crippen LogP contribution in [0.4, 0.5) is 0 Å². The van der Waals surface area contributed by atoms with Crippen LogP contribution in [0.1, 0.15) is 11.1 Å². The Hall–Kier alpha value is -2.41. The van der Waals surface area contributed by atoms with E-state index >= 15 is 0 Å². The molecule has 7 heteroatoms. The molecule has 0 radical (unpaired) electrons. The molecule has 1 heterocycles. The molecule has 6 nitrogen and oxygen atoms in total. The first-order chi connectivity index (χ1) is 11.1. The number of hydrogen-bond donors (Lipinski definition) is 0. The average molecular weight is 375 g/mol. The lowest BCUT2D eigenvalue weighted by molar-refractivity contribution is 0.304. The third kappa shape index (κ3) is 3.19. The number of tetrazole rings is 1. The molecule has 1 aromatic heterocycles. The quantitative estimate of drug-likeness (QED) is 0.704. The molecule has 0 atom stereocenters. The van der Waals surface area contributed by atoms with Crippen LogP contribution in [0, 0.1) is 6.92 Å². The van der Waals surface area contributed by atoms with Crippen molar-refractivity contribution >= 4 is 15.9 Å². The summed E-state index contributed by atoms with van der Waals surface area (Å²) in [7, 11) is 1.56. The van der Waals surface area contributed by atoms with Gasteiger partial charge in [0.1, 0.15) is 12.4 Å². The number of aromatic nitrogens is 4. The number of benzene rings is 2. The Kier molecular flexibility index (Phi) is 4.29. The van der Waals surface area contributed by atoms with Crippen molar-refractivity contribution in [2.24, 2.45) is 7.05 Å². The lowest BCUT2D eigenvalue weighted by Gasteiger charge is -2.12. The SMILES string of the molecule is Cc1cccc(OCc2c(Br)cccc2-n2nnn(C)c2=O)c1. The molecular formula is C16H15BrN4O2. The summed E-state index contributed by atoms with van der Waals surface area (Å²) in [5, 5.41) is 7.65. The molecule has 0 aliphatic rings. The van der Waals surface area contributed by atoms with Crippen LogP contribution in [0.2, 0.25) is 0 Å². The van der Waals surface area contributed by atoms with Crippen LogP contribution >= 0.6 is 15.9 Å². The van der Waals surface area contributed by atoms with Crippen LogP contribution in [0.5, 0.6) is 5.75 Å². The molecule has 118 valence electrons. The van der Waals surface area contributed by atoms with Crippen molar-refractivity contribution in [1.29, 1.82) is 0 Å². The molecule has 0 saturated heterocycles. The number of nitrogens with zero attached hydrogens (tertiary/aromatic N) is 4. The van der Waals surface area contributed by atoms with Gasteiger partial charge in [0, 0.05) is 17.1 Å². The maximum atomic E-state index is 12.1. The summed E-state index contributed by atoms with van der Waals surface area (Å²) in [6.45, 7) is 2.32. The van der Waals surface area contributed by atoms with Crippen molar-refractivity contribution in [2.75, 3.05) is 0 Å². The second-order valence-electron chi connectivity index (χ2n) is 5.14. The fourth-order valence-electron chi connectivity index (χ4n) is 2.21. The molecular weight excluding hydrogens is 360 g/mol. The lowest BCUT2D eigenvalue weighted by Crippen LogP contribution is -2.23. The molecule has 0 saturated carbocycles. The van der Waals surface area contributed by atoms with E-state index in [1.807, 2.05) is 49.4 Å². The van der Waals surface area contributed by atoms with Crippen LogP contribution in [-0.2, 0) is 13.7 Å². The second kappa shape index (κ2) is 6.37. The Morgan fingerprint density at radius 3 is 2.65 bits per heavy atom. The summed E-state index contributed by atoms with van der Waals surface area (Å²) < 4.78 is 9.16. The van der Waals surface area contributed by atoms with Gasteiger partial charge in [-0.25, -0.2) is 4.79 Å². The first-order valence-corrected chi connectivity index (χ1v) is 7.82. The minimum absolute atomic E-state index is 0.306. The van der Waals surface area contributed by atoms with Gasteiger partial charge in [0.05, 0.1) is 5.69 Å². The monoisotopic (exact) mass is 374 g/mol. The van der Waals surface area contributed by atoms with Gasteiger partial charge < -0.3 is 4.74 Å². The molecule has 23 heavy (non-hydrogen) atoms. The van der Waals surface area contributed by atoms with Gasteiger partial charge in [-0.1, -0.05) is 34.1 Å². The van der Waals surface area contributed by atoms with E-state index in [-0.39, 0.29) is 5.69 Å². The van der Waals surface area contributed by atoms with E-state index in [9.17, 15) is 4.79 Å². The summed E-state index contributed by atoms with van der Waals surface area (Å²) >= 11 is 3.51. The zero-order valence-electron chi connectivity index (χ0n) is 12.7. The third-order valence-corrected chi connectivity index (χ3v) is 4.16. The smallest absolute Gasteiger partial charge is 0.368 e. The maximum Gasteiger partial charge on any atom is 0.368 e. The Balaban J connectivity index is 1.96. The first kappa shape index (κ1) is 15.5. The molecule has 0 fully saturated rings. The number of halogens is 1. The molecule has 0 spiro atoms. The van der Waals surface area contributed by atoms with Crippen LogP contribution < -0.4 is 10.4 Å². The standard InChI is InChI=1S/C16H15BrN4O2/c1-11-5-3-6-12(9-11)23-10-13-14(17)7-4-8-15(13)21-16(22)20(2)18-19-21/h3-9H,10H2,1-2H3. The molecule has 0 unspecified atom stereocenters.